The highest BCUT2D eigenvalue weighted by Crippen LogP contribution is 1.80. The number of rotatable bonds is 0. The van der Waals surface area contributed by atoms with Crippen LogP contribution in [0.4, 0.5) is 4.79 Å². The molecule has 0 bridgehead atoms. The third-order valence-electron chi connectivity index (χ3n) is 1.08. The van der Waals surface area contributed by atoms with E-state index in [0.29, 0.717) is 0 Å². The van der Waals surface area contributed by atoms with Crippen LogP contribution in [-0.2, 0) is 0 Å². The molecule has 2 N–H and O–H groups in total. The van der Waals surface area contributed by atoms with Gasteiger partial charge in [0.25, 0.3) is 0 Å². The molecule has 0 aliphatic rings. The Morgan fingerprint density at radius 2 is 2.00 bits per heavy atom. The molecule has 0 spiro atoms. The Labute approximate surface area is 63.4 Å². The molecule has 0 saturated heterocycles. The van der Waals surface area contributed by atoms with Gasteiger partial charge in [-0.1, -0.05) is 12.1 Å². The predicted octanol–water partition coefficient (Wildman–Crippen LogP) is 1.47. The number of hydrogen-bond acceptors (Lipinski definition) is 1. The number of hydrogen-bond donors (Lipinski definition) is 2. The monoisotopic (exact) mass is 152 g/mol. The molecule has 0 amide bonds. The largest absolute Gasteiger partial charge is 0.463 e. The van der Waals surface area contributed by atoms with E-state index in [1.807, 2.05) is 0 Å². The summed E-state index contributed by atoms with van der Waals surface area (Å²) in [5.41, 5.74) is 0. The number of carboxylic acid groups (broad SMARTS) is 1. The third-order valence-corrected chi connectivity index (χ3v) is 1.08. The van der Waals surface area contributed by atoms with Gasteiger partial charge < -0.3 is 5.11 Å². The number of aromatic nitrogens is 2. The van der Waals surface area contributed by atoms with Crippen molar-refractivity contribution in [2.24, 2.45) is 0 Å². The minimum atomic E-state index is -1.04. The molecule has 0 aliphatic carbocycles. The third kappa shape index (κ3) is 2.17. The van der Waals surface area contributed by atoms with Crippen LogP contribution in [0.25, 0.3) is 0 Å². The predicted molar refractivity (Wildman–Crippen MR) is 39.8 cm³/mol. The maximum Gasteiger partial charge on any atom is 0.430 e. The molecule has 11 heavy (non-hydrogen) atoms. The molecule has 0 saturated carbocycles. The van der Waals surface area contributed by atoms with Gasteiger partial charge in [-0.2, -0.15) is 4.68 Å². The number of nitrogens with one attached hydrogen (secondary N) is 1. The molecule has 1 aromatic heterocycles. The van der Waals surface area contributed by atoms with E-state index >= 15 is 0 Å². The summed E-state index contributed by atoms with van der Waals surface area (Å²) in [6.45, 7) is 0. The van der Waals surface area contributed by atoms with E-state index < -0.39 is 6.09 Å². The van der Waals surface area contributed by atoms with Crippen molar-refractivity contribution in [3.63, 3.8) is 0 Å². The van der Waals surface area contributed by atoms with Crippen molar-refractivity contribution in [3.05, 3.63) is 36.7 Å². The number of nitrogens with zero attached hydrogens (tertiary/aromatic N) is 1. The van der Waals surface area contributed by atoms with Crippen LogP contribution in [-0.4, -0.2) is 21.0 Å². The Kier molecular flexibility index (Phi) is 2.32. The van der Waals surface area contributed by atoms with Crippen molar-refractivity contribution in [1.82, 2.24) is 9.78 Å². The summed E-state index contributed by atoms with van der Waals surface area (Å²) in [6, 6.07) is 6.88. The van der Waals surface area contributed by atoms with Gasteiger partial charge in [-0.25, -0.2) is 4.79 Å². The van der Waals surface area contributed by atoms with Crippen LogP contribution in [0.3, 0.4) is 0 Å². The van der Waals surface area contributed by atoms with Crippen molar-refractivity contribution in [1.29, 1.82) is 0 Å². The van der Waals surface area contributed by atoms with Gasteiger partial charge in [0.2, 0.25) is 0 Å². The van der Waals surface area contributed by atoms with E-state index in [2.05, 4.69) is 5.10 Å². The Bertz CT molecular complexity index is 267. The zero-order valence-corrected chi connectivity index (χ0v) is 5.77. The lowest BCUT2D eigenvalue weighted by Crippen LogP contribution is -2.09. The van der Waals surface area contributed by atoms with Gasteiger partial charge >= 0.3 is 6.09 Å². The highest BCUT2D eigenvalue weighted by Gasteiger charge is 1.91. The van der Waals surface area contributed by atoms with Crippen molar-refractivity contribution in [2.75, 3.05) is 0 Å². The first-order chi connectivity index (χ1) is 5.30. The van der Waals surface area contributed by atoms with Crippen LogP contribution in [0.15, 0.2) is 36.7 Å². The molecular weight excluding hydrogens is 144 g/mol. The summed E-state index contributed by atoms with van der Waals surface area (Å²) in [5, 5.41) is 11.0. The summed E-state index contributed by atoms with van der Waals surface area (Å²) >= 11 is 0. The lowest BCUT2D eigenvalue weighted by atomic mass is 10.5. The highest BCUT2D eigenvalue weighted by atomic mass is 16.4. The molecule has 1 heterocycles. The maximum absolute atomic E-state index is 10.4. The molecule has 0 atom stereocenters. The fourth-order valence-electron chi connectivity index (χ4n) is 0.605. The van der Waals surface area contributed by atoms with Crippen molar-refractivity contribution < 1.29 is 9.90 Å². The average Bonchev–Trinajstić information content (AvgIpc) is 1.84. The van der Waals surface area contributed by atoms with E-state index in [1.165, 1.54) is 12.4 Å². The van der Waals surface area contributed by atoms with Crippen LogP contribution in [0.1, 0.15) is 0 Å². The van der Waals surface area contributed by atoms with Crippen LogP contribution in [0.2, 0.25) is 0 Å². The second-order valence-electron chi connectivity index (χ2n) is 1.87. The molecule has 0 aromatic carbocycles. The molecule has 4 heteroatoms. The van der Waals surface area contributed by atoms with Crippen LogP contribution in [0, 0.1) is 0 Å². The summed E-state index contributed by atoms with van der Waals surface area (Å²) < 4.78 is 0.958. The summed E-state index contributed by atoms with van der Waals surface area (Å²) in [7, 11) is 0. The summed E-state index contributed by atoms with van der Waals surface area (Å²) in [6.07, 6.45) is 1.91. The Morgan fingerprint density at radius 1 is 1.27 bits per heavy atom. The second kappa shape index (κ2) is 3.46. The van der Waals surface area contributed by atoms with E-state index in [4.69, 9.17) is 5.11 Å². The van der Waals surface area contributed by atoms with Gasteiger partial charge in [0.1, 0.15) is 0 Å². The first kappa shape index (κ1) is 7.40. The van der Waals surface area contributed by atoms with Crippen molar-refractivity contribution in [2.45, 2.75) is 0 Å². The molecule has 1 rings (SSSR count). The summed E-state index contributed by atoms with van der Waals surface area (Å²) in [5.74, 6) is 0. The first-order valence-electron chi connectivity index (χ1n) is 3.09. The van der Waals surface area contributed by atoms with Crippen molar-refractivity contribution in [3.8, 4) is 0 Å². The lowest BCUT2D eigenvalue weighted by molar-refractivity contribution is 0.192. The second-order valence-corrected chi connectivity index (χ2v) is 1.87. The van der Waals surface area contributed by atoms with Gasteiger partial charge in [0.05, 0.1) is 0 Å². The van der Waals surface area contributed by atoms with Crippen LogP contribution >= 0.6 is 0 Å². The quantitative estimate of drug-likeness (QED) is 0.591. The minimum Gasteiger partial charge on any atom is -0.463 e. The molecule has 0 unspecified atom stereocenters. The molecule has 0 aliphatic heterocycles. The van der Waals surface area contributed by atoms with Gasteiger partial charge in [-0.05, 0) is 12.1 Å². The minimum absolute atomic E-state index is 0.958. The number of carbonyl (C=O) groups is 1. The summed E-state index contributed by atoms with van der Waals surface area (Å²) in [4.78, 5) is 10.4. The molecule has 4 nitrogen and oxygen atoms in total. The molecule has 58 valence electrons. The van der Waals surface area contributed by atoms with Gasteiger partial charge in [0, 0.05) is 12.4 Å². The number of aromatic amines is 1. The highest BCUT2D eigenvalue weighted by molar-refractivity contribution is 5.66. The fraction of sp³-hybridized carbons (Fsp3) is 0. The van der Waals surface area contributed by atoms with Gasteiger partial charge in [-0.3, -0.25) is 5.10 Å². The van der Waals surface area contributed by atoms with E-state index in [9.17, 15) is 4.79 Å². The zero-order valence-electron chi connectivity index (χ0n) is 5.77. The van der Waals surface area contributed by atoms with E-state index in [0.717, 1.165) is 4.68 Å². The molecule has 0 radical (unpaired) electrons. The Morgan fingerprint density at radius 3 is 2.73 bits per heavy atom. The van der Waals surface area contributed by atoms with Gasteiger partial charge in [0.15, 0.2) is 0 Å². The SMILES string of the molecule is O=C(O)n1cccccc[nH]1. The lowest BCUT2D eigenvalue weighted by Gasteiger charge is -1.94. The normalized spacial score (nSPS) is 8.73. The average molecular weight is 152 g/mol. The van der Waals surface area contributed by atoms with E-state index in [1.54, 1.807) is 24.3 Å². The Hall–Kier alpha value is -1.71. The first-order valence-corrected chi connectivity index (χ1v) is 3.09. The molecular formula is C7H8N2O2. The van der Waals surface area contributed by atoms with Crippen molar-refractivity contribution >= 4 is 6.09 Å². The van der Waals surface area contributed by atoms with Crippen LogP contribution < -0.4 is 0 Å². The molecule has 0 fully saturated rings. The smallest absolute Gasteiger partial charge is 0.430 e. The standard InChI is InChI=1S/C7H8N2O2/c10-7(11)9-6-4-2-1-3-5-8-9/h1-6,8H,(H,10,11). The van der Waals surface area contributed by atoms with Gasteiger partial charge in [-0.15, -0.1) is 0 Å². The zero-order chi connectivity index (χ0) is 8.10. The molecule has 1 aromatic rings. The Balaban J connectivity index is 3.12. The number of H-pyrrole nitrogens is 1. The van der Waals surface area contributed by atoms with Crippen LogP contribution in [0.5, 0.6) is 0 Å². The topological polar surface area (TPSA) is 58.0 Å². The maximum atomic E-state index is 10.4. The van der Waals surface area contributed by atoms with E-state index in [-0.39, 0.29) is 0 Å². The fourth-order valence-corrected chi connectivity index (χ4v) is 0.605.